The molecule has 1 aromatic carbocycles. The third kappa shape index (κ3) is 13.6. The molecule has 0 amide bonds. The number of likely N-dealkylation sites (N-methyl/N-ethyl adjacent to an activating group) is 1. The van der Waals surface area contributed by atoms with E-state index in [-0.39, 0.29) is 25.0 Å². The lowest BCUT2D eigenvalue weighted by molar-refractivity contribution is -0.314. The summed E-state index contributed by atoms with van der Waals surface area (Å²) in [4.78, 5) is 35.2. The molecule has 76 heavy (non-hydrogen) atoms. The average molecular weight is 1070 g/mol. The van der Waals surface area contributed by atoms with Gasteiger partial charge in [-0.15, -0.1) is 5.10 Å². The van der Waals surface area contributed by atoms with Gasteiger partial charge in [-0.3, -0.25) is 14.6 Å². The van der Waals surface area contributed by atoms with Crippen molar-refractivity contribution < 1.29 is 67.6 Å². The summed E-state index contributed by atoms with van der Waals surface area (Å²) in [5.41, 5.74) is 0.291. The maximum Gasteiger partial charge on any atom is 0.311 e. The van der Waals surface area contributed by atoms with Gasteiger partial charge in [0.25, 0.3) is 0 Å². The number of aliphatic hydroxyl groups excluding tert-OH is 3. The number of aromatic nitrogens is 4. The SMILES string of the molecule is CC[C@H]1OC(=O)[C@H](C)[C@@H](O[C@H]2CC(C)(C)[C@@H](O)[C@H](C)O2)[C@H](C)[C@@H](O[C@@H]2O[C@H](C)C[C@H](N(C)CCc3cn([C@H](CF)[C@H](OC)c4ccc(-c5ccc(C)nc5)cc4)nn3)[C@H]2O)[C@](C)(OC)C[C@@H](C)C(=O)[C@H](C)[C@@H](O)[C@]1(C)O. The number of aliphatic hydroxyl groups is 4. The van der Waals surface area contributed by atoms with Gasteiger partial charge >= 0.3 is 5.97 Å². The van der Waals surface area contributed by atoms with Crippen LogP contribution in [0.3, 0.4) is 0 Å². The van der Waals surface area contributed by atoms with E-state index in [1.807, 2.05) is 89.2 Å². The number of halogens is 1. The second-order valence-electron chi connectivity index (χ2n) is 23.2. The number of Topliss-reactive ketones (excluding diaryl/α,β-unsaturated/α-hetero) is 1. The first-order valence-corrected chi connectivity index (χ1v) is 27.1. The first-order chi connectivity index (χ1) is 35.7. The van der Waals surface area contributed by atoms with Crippen LogP contribution in [0.5, 0.6) is 0 Å². The van der Waals surface area contributed by atoms with Gasteiger partial charge in [0.1, 0.15) is 42.4 Å². The second kappa shape index (κ2) is 25.5. The maximum absolute atomic E-state index is 15.0. The molecular weight excluding hydrogens is 982 g/mol. The van der Waals surface area contributed by atoms with Crippen molar-refractivity contribution >= 4 is 11.8 Å². The minimum absolute atomic E-state index is 0.0600. The number of hydrogen-bond acceptors (Lipinski definition) is 17. The van der Waals surface area contributed by atoms with Crippen LogP contribution in [0.2, 0.25) is 0 Å². The molecule has 4 N–H and O–H groups in total. The van der Waals surface area contributed by atoms with E-state index in [9.17, 15) is 34.4 Å². The molecule has 5 heterocycles. The molecular formula is C57H88FN5O13. The van der Waals surface area contributed by atoms with Crippen LogP contribution in [0.1, 0.15) is 131 Å². The van der Waals surface area contributed by atoms with Crippen molar-refractivity contribution in [1.29, 1.82) is 0 Å². The number of ether oxygens (including phenoxy) is 7. The third-order valence-corrected chi connectivity index (χ3v) is 16.9. The Morgan fingerprint density at radius 1 is 0.908 bits per heavy atom. The van der Waals surface area contributed by atoms with Crippen LogP contribution < -0.4 is 0 Å². The molecule has 19 atom stereocenters. The number of nitrogens with zero attached hydrogens (tertiary/aromatic N) is 5. The lowest BCUT2D eigenvalue weighted by atomic mass is 9.73. The lowest BCUT2D eigenvalue weighted by Gasteiger charge is -2.50. The quantitative estimate of drug-likeness (QED) is 0.112. The monoisotopic (exact) mass is 1070 g/mol. The van der Waals surface area contributed by atoms with E-state index in [1.165, 1.54) is 18.7 Å². The minimum atomic E-state index is -2.00. The number of rotatable bonds is 16. The van der Waals surface area contributed by atoms with Crippen molar-refractivity contribution in [2.45, 2.75) is 206 Å². The van der Waals surface area contributed by atoms with E-state index < -0.39 is 133 Å². The number of ketones is 1. The summed E-state index contributed by atoms with van der Waals surface area (Å²) in [5.74, 6) is -4.72. The largest absolute Gasteiger partial charge is 0.459 e. The van der Waals surface area contributed by atoms with E-state index in [0.29, 0.717) is 25.1 Å². The first kappa shape index (κ1) is 61.4. The smallest absolute Gasteiger partial charge is 0.311 e. The predicted octanol–water partition coefficient (Wildman–Crippen LogP) is 6.53. The number of carbonyl (C=O) groups is 2. The van der Waals surface area contributed by atoms with E-state index in [2.05, 4.69) is 15.3 Å². The predicted molar refractivity (Wildman–Crippen MR) is 281 cm³/mol. The Hall–Kier alpha value is -3.86. The Bertz CT molecular complexity index is 2340. The molecule has 6 rings (SSSR count). The van der Waals surface area contributed by atoms with Crippen molar-refractivity contribution in [1.82, 2.24) is 24.9 Å². The number of aryl methyl sites for hydroxylation is 1. The average Bonchev–Trinajstić information content (AvgIpc) is 3.86. The number of esters is 1. The summed E-state index contributed by atoms with van der Waals surface area (Å²) in [5, 5.41) is 55.6. The molecule has 426 valence electrons. The molecule has 0 radical (unpaired) electrons. The zero-order valence-corrected chi connectivity index (χ0v) is 47.5. The van der Waals surface area contributed by atoms with Gasteiger partial charge in [0.2, 0.25) is 0 Å². The summed E-state index contributed by atoms with van der Waals surface area (Å²) in [7, 11) is 4.94. The van der Waals surface area contributed by atoms with Crippen LogP contribution >= 0.6 is 0 Å². The van der Waals surface area contributed by atoms with E-state index >= 15 is 0 Å². The fraction of sp³-hybridized carbons (Fsp3) is 0.737. The Labute approximate surface area is 449 Å². The summed E-state index contributed by atoms with van der Waals surface area (Å²) >= 11 is 0. The number of cyclic esters (lactones) is 1. The molecule has 3 aliphatic rings. The molecule has 18 nitrogen and oxygen atoms in total. The molecule has 0 bridgehead atoms. The highest BCUT2D eigenvalue weighted by Crippen LogP contribution is 2.43. The van der Waals surface area contributed by atoms with E-state index in [4.69, 9.17) is 33.2 Å². The maximum atomic E-state index is 15.0. The number of methoxy groups -OCH3 is 2. The van der Waals surface area contributed by atoms with Crippen LogP contribution in [0.4, 0.5) is 4.39 Å². The molecule has 0 spiro atoms. The summed E-state index contributed by atoms with van der Waals surface area (Å²) in [6.07, 6.45) is -5.86. The highest BCUT2D eigenvalue weighted by Gasteiger charge is 2.54. The molecule has 3 saturated heterocycles. The van der Waals surface area contributed by atoms with Gasteiger partial charge in [-0.1, -0.05) is 77.1 Å². The van der Waals surface area contributed by atoms with Crippen LogP contribution in [0, 0.1) is 36.0 Å². The van der Waals surface area contributed by atoms with Crippen molar-refractivity contribution in [2.24, 2.45) is 29.1 Å². The Kier molecular flexibility index (Phi) is 20.6. The zero-order chi connectivity index (χ0) is 56.2. The number of benzene rings is 1. The summed E-state index contributed by atoms with van der Waals surface area (Å²) < 4.78 is 61.4. The molecule has 0 aliphatic carbocycles. The van der Waals surface area contributed by atoms with Gasteiger partial charge in [0.05, 0.1) is 53.8 Å². The van der Waals surface area contributed by atoms with Gasteiger partial charge in [-0.25, -0.2) is 9.07 Å². The highest BCUT2D eigenvalue weighted by atomic mass is 19.1. The van der Waals surface area contributed by atoms with Gasteiger partial charge in [-0.2, -0.15) is 0 Å². The molecule has 3 aliphatic heterocycles. The Morgan fingerprint density at radius 3 is 2.17 bits per heavy atom. The van der Waals surface area contributed by atoms with Gasteiger partial charge < -0.3 is 58.5 Å². The van der Waals surface area contributed by atoms with Gasteiger partial charge in [-0.05, 0) is 90.5 Å². The fourth-order valence-corrected chi connectivity index (χ4v) is 11.9. The fourth-order valence-electron chi connectivity index (χ4n) is 11.9. The van der Waals surface area contributed by atoms with Crippen LogP contribution in [0.15, 0.2) is 48.8 Å². The van der Waals surface area contributed by atoms with E-state index in [1.54, 1.807) is 54.8 Å². The van der Waals surface area contributed by atoms with Crippen molar-refractivity contribution in [3.8, 4) is 11.1 Å². The number of hydrogen-bond donors (Lipinski definition) is 4. The van der Waals surface area contributed by atoms with Crippen LogP contribution in [0.25, 0.3) is 11.1 Å². The third-order valence-electron chi connectivity index (χ3n) is 16.9. The normalized spacial score (nSPS) is 36.8. The number of carbonyl (C=O) groups excluding carboxylic acids is 2. The number of alkyl halides is 1. The number of pyridine rings is 1. The van der Waals surface area contributed by atoms with E-state index in [0.717, 1.165) is 22.4 Å². The van der Waals surface area contributed by atoms with Gasteiger partial charge in [0, 0.05) is 81.1 Å². The minimum Gasteiger partial charge on any atom is -0.459 e. The standard InChI is InChI=1S/C57H88FN5O13/c1-16-44-57(12,69)50(66)34(5)46(64)31(2)26-56(11,71-15)52(35(6)48(36(7)53(68)74-44)75-45-27-55(9,10)51(67)37(8)73-45)76-54-47(65)42(25-33(4)72-54)62(13)24-23-41-30-63(61-60-41)43(28-58)49(70-14)39-21-19-38(20-22-39)40-18-17-32(3)59-29-40/h17-22,29-31,33-37,42-45,47-52,54,65-67,69H,16,23-28H2,1-15H3/t31-,33-,34+,35+,36-,37+,42+,43-,44-,45+,47-,48+,49-,50-,51+,52-,54+,56-,57-/m1/s1. The summed E-state index contributed by atoms with van der Waals surface area (Å²) in [6, 6.07) is 10.4. The van der Waals surface area contributed by atoms with Crippen LogP contribution in [-0.2, 0) is 49.2 Å². The zero-order valence-electron chi connectivity index (χ0n) is 47.5. The molecule has 3 aromatic rings. The Morgan fingerprint density at radius 2 is 1.58 bits per heavy atom. The van der Waals surface area contributed by atoms with Gasteiger partial charge in [0.15, 0.2) is 12.6 Å². The Balaban J connectivity index is 1.26. The molecule has 0 unspecified atom stereocenters. The first-order valence-electron chi connectivity index (χ1n) is 27.1. The second-order valence-corrected chi connectivity index (χ2v) is 23.2. The van der Waals surface area contributed by atoms with Crippen molar-refractivity contribution in [3.05, 3.63) is 65.7 Å². The topological polar surface area (TPSA) is 227 Å². The van der Waals surface area contributed by atoms with Crippen molar-refractivity contribution in [3.63, 3.8) is 0 Å². The lowest BCUT2D eigenvalue weighted by Crippen LogP contribution is -2.61. The molecule has 0 saturated carbocycles. The molecule has 19 heteroatoms. The van der Waals surface area contributed by atoms with Crippen LogP contribution in [-0.4, -0.2) is 170 Å². The molecule has 3 fully saturated rings. The van der Waals surface area contributed by atoms with Crippen molar-refractivity contribution in [2.75, 3.05) is 34.5 Å². The summed E-state index contributed by atoms with van der Waals surface area (Å²) in [6.45, 7) is 20.8. The highest BCUT2D eigenvalue weighted by molar-refractivity contribution is 5.83. The molecule has 2 aromatic heterocycles.